The monoisotopic (exact) mass is 631 g/mol. The number of hydrogen-bond acceptors (Lipinski definition) is 9. The van der Waals surface area contributed by atoms with E-state index >= 15 is 0 Å². The summed E-state index contributed by atoms with van der Waals surface area (Å²) in [5.41, 5.74) is 2.81. The number of thioether (sulfide) groups is 1. The maximum absolute atomic E-state index is 13.3. The molecule has 0 saturated carbocycles. The number of imide groups is 1. The SMILES string of the molecule is COc1ccc(Cc2nn(CCCc3nnc(SCCN4C(=O)c5cccc6cccc(c56)C4=O)o3)c(=O)c3ccccc23)cc1. The second-order valence-electron chi connectivity index (χ2n) is 10.9. The lowest BCUT2D eigenvalue weighted by Crippen LogP contribution is -2.41. The molecule has 230 valence electrons. The summed E-state index contributed by atoms with van der Waals surface area (Å²) in [6.45, 7) is 0.595. The van der Waals surface area contributed by atoms with Gasteiger partial charge >= 0.3 is 0 Å². The molecule has 0 spiro atoms. The van der Waals surface area contributed by atoms with Gasteiger partial charge in [-0.05, 0) is 47.7 Å². The molecule has 1 aliphatic heterocycles. The summed E-state index contributed by atoms with van der Waals surface area (Å²) in [4.78, 5) is 40.8. The Labute approximate surface area is 268 Å². The van der Waals surface area contributed by atoms with Crippen molar-refractivity contribution in [2.75, 3.05) is 19.4 Å². The summed E-state index contributed by atoms with van der Waals surface area (Å²) in [5, 5.41) is 16.4. The van der Waals surface area contributed by atoms with E-state index in [1.165, 1.54) is 21.3 Å². The quantitative estimate of drug-likeness (QED) is 0.134. The molecule has 4 aromatic carbocycles. The molecule has 0 radical (unpaired) electrons. The fraction of sp³-hybridized carbons (Fsp3) is 0.200. The molecular weight excluding hydrogens is 602 g/mol. The largest absolute Gasteiger partial charge is 0.497 e. The molecule has 11 heteroatoms. The number of nitrogens with zero attached hydrogens (tertiary/aromatic N) is 5. The average Bonchev–Trinajstić information content (AvgIpc) is 3.54. The first-order valence-corrected chi connectivity index (χ1v) is 15.9. The molecule has 3 heterocycles. The van der Waals surface area contributed by atoms with Crippen LogP contribution in [0.4, 0.5) is 0 Å². The van der Waals surface area contributed by atoms with E-state index in [-0.39, 0.29) is 23.9 Å². The Morgan fingerprint density at radius 3 is 2.24 bits per heavy atom. The summed E-state index contributed by atoms with van der Waals surface area (Å²) < 4.78 is 12.6. The van der Waals surface area contributed by atoms with Gasteiger partial charge in [0.25, 0.3) is 22.6 Å². The fourth-order valence-corrected chi connectivity index (χ4v) is 6.51. The van der Waals surface area contributed by atoms with E-state index in [9.17, 15) is 14.4 Å². The molecule has 0 bridgehead atoms. The van der Waals surface area contributed by atoms with Crippen LogP contribution in [-0.2, 0) is 19.4 Å². The van der Waals surface area contributed by atoms with Gasteiger partial charge in [-0.2, -0.15) is 5.10 Å². The number of aryl methyl sites for hydroxylation is 2. The number of aromatic nitrogens is 4. The van der Waals surface area contributed by atoms with Crippen LogP contribution in [-0.4, -0.2) is 56.1 Å². The van der Waals surface area contributed by atoms with Gasteiger partial charge in [0.15, 0.2) is 0 Å². The zero-order valence-electron chi connectivity index (χ0n) is 25.0. The van der Waals surface area contributed by atoms with Crippen molar-refractivity contribution in [3.8, 4) is 5.75 Å². The number of carbonyl (C=O) groups excluding carboxylic acids is 2. The van der Waals surface area contributed by atoms with Gasteiger partial charge in [-0.15, -0.1) is 10.2 Å². The van der Waals surface area contributed by atoms with Crippen LogP contribution in [0.15, 0.2) is 99.4 Å². The predicted molar refractivity (Wildman–Crippen MR) is 174 cm³/mol. The third kappa shape index (κ3) is 5.65. The Bertz CT molecular complexity index is 2110. The Morgan fingerprint density at radius 2 is 1.52 bits per heavy atom. The number of amides is 2. The zero-order valence-corrected chi connectivity index (χ0v) is 25.8. The number of carbonyl (C=O) groups is 2. The smallest absolute Gasteiger partial charge is 0.276 e. The maximum atomic E-state index is 13.3. The molecule has 0 saturated heterocycles. The molecule has 7 rings (SSSR count). The first-order valence-electron chi connectivity index (χ1n) is 14.9. The third-order valence-corrected chi connectivity index (χ3v) is 8.88. The number of hydrogen-bond donors (Lipinski definition) is 0. The fourth-order valence-electron chi connectivity index (χ4n) is 5.81. The molecule has 2 aromatic heterocycles. The maximum Gasteiger partial charge on any atom is 0.276 e. The third-order valence-electron chi connectivity index (χ3n) is 8.08. The molecule has 0 aliphatic carbocycles. The summed E-state index contributed by atoms with van der Waals surface area (Å²) in [6, 6.07) is 26.3. The molecule has 0 atom stereocenters. The number of ether oxygens (including phenoxy) is 1. The van der Waals surface area contributed by atoms with Crippen molar-refractivity contribution in [3.63, 3.8) is 0 Å². The van der Waals surface area contributed by atoms with Crippen LogP contribution in [0.3, 0.4) is 0 Å². The first-order chi connectivity index (χ1) is 22.5. The summed E-state index contributed by atoms with van der Waals surface area (Å²) in [6.07, 6.45) is 1.61. The highest BCUT2D eigenvalue weighted by atomic mass is 32.2. The van der Waals surface area contributed by atoms with E-state index in [1.807, 2.05) is 72.8 Å². The normalized spacial score (nSPS) is 12.8. The van der Waals surface area contributed by atoms with Crippen LogP contribution in [0, 0.1) is 0 Å². The van der Waals surface area contributed by atoms with Gasteiger partial charge in [-0.3, -0.25) is 19.3 Å². The molecule has 46 heavy (non-hydrogen) atoms. The van der Waals surface area contributed by atoms with Gasteiger partial charge in [-0.25, -0.2) is 4.68 Å². The Kier molecular flexibility index (Phi) is 8.06. The zero-order chi connectivity index (χ0) is 31.6. The Hall–Kier alpha value is -5.29. The van der Waals surface area contributed by atoms with Crippen molar-refractivity contribution >= 4 is 45.1 Å². The molecule has 0 unspecified atom stereocenters. The van der Waals surface area contributed by atoms with Gasteiger partial charge in [-0.1, -0.05) is 66.4 Å². The second-order valence-corrected chi connectivity index (χ2v) is 12.0. The minimum Gasteiger partial charge on any atom is -0.497 e. The van der Waals surface area contributed by atoms with E-state index < -0.39 is 0 Å². The second kappa shape index (κ2) is 12.6. The van der Waals surface area contributed by atoms with E-state index in [0.717, 1.165) is 27.8 Å². The lowest BCUT2D eigenvalue weighted by Gasteiger charge is -2.26. The molecule has 2 amide bonds. The van der Waals surface area contributed by atoms with Crippen molar-refractivity contribution in [2.45, 2.75) is 31.0 Å². The average molecular weight is 632 g/mol. The van der Waals surface area contributed by atoms with Gasteiger partial charge in [0, 0.05) is 53.6 Å². The summed E-state index contributed by atoms with van der Waals surface area (Å²) in [7, 11) is 1.64. The highest BCUT2D eigenvalue weighted by Crippen LogP contribution is 2.30. The van der Waals surface area contributed by atoms with E-state index in [4.69, 9.17) is 14.3 Å². The van der Waals surface area contributed by atoms with Gasteiger partial charge in [0.05, 0.1) is 18.2 Å². The topological polar surface area (TPSA) is 120 Å². The van der Waals surface area contributed by atoms with Crippen LogP contribution in [0.25, 0.3) is 21.5 Å². The van der Waals surface area contributed by atoms with Crippen LogP contribution in [0.1, 0.15) is 44.3 Å². The van der Waals surface area contributed by atoms with E-state index in [2.05, 4.69) is 10.2 Å². The molecular formula is C35H29N5O5S. The van der Waals surface area contributed by atoms with Gasteiger partial charge < -0.3 is 9.15 Å². The number of methoxy groups -OCH3 is 1. The molecule has 0 fully saturated rings. The number of rotatable bonds is 11. The molecule has 6 aromatic rings. The molecule has 10 nitrogen and oxygen atoms in total. The lowest BCUT2D eigenvalue weighted by atomic mass is 9.94. The van der Waals surface area contributed by atoms with Crippen LogP contribution < -0.4 is 10.3 Å². The number of benzene rings is 4. The lowest BCUT2D eigenvalue weighted by molar-refractivity contribution is 0.0621. The van der Waals surface area contributed by atoms with Crippen molar-refractivity contribution in [2.24, 2.45) is 0 Å². The highest BCUT2D eigenvalue weighted by molar-refractivity contribution is 7.99. The predicted octanol–water partition coefficient (Wildman–Crippen LogP) is 5.55. The minimum absolute atomic E-state index is 0.142. The molecule has 1 aliphatic rings. The van der Waals surface area contributed by atoms with Gasteiger partial charge in [0.1, 0.15) is 5.75 Å². The van der Waals surface area contributed by atoms with E-state index in [0.29, 0.717) is 64.6 Å². The number of fused-ring (bicyclic) bond motifs is 1. The van der Waals surface area contributed by atoms with Crippen molar-refractivity contribution in [3.05, 3.63) is 124 Å². The van der Waals surface area contributed by atoms with Gasteiger partial charge in [0.2, 0.25) is 5.89 Å². The summed E-state index contributed by atoms with van der Waals surface area (Å²) >= 11 is 1.29. The Balaban J connectivity index is 0.975. The highest BCUT2D eigenvalue weighted by Gasteiger charge is 2.32. The minimum atomic E-state index is -0.300. The standard InChI is InChI=1S/C35H29N5O5S/c1-44-24-16-14-22(15-17-24)21-29-25-9-2-3-10-26(25)34(43)40(38-29)18-6-13-30-36-37-35(45-30)46-20-19-39-32(41)27-11-4-7-23-8-5-12-28(31(23)27)33(39)42/h2-5,7-12,14-17H,6,13,18-21H2,1H3. The van der Waals surface area contributed by atoms with Crippen LogP contribution in [0.2, 0.25) is 0 Å². The summed E-state index contributed by atoms with van der Waals surface area (Å²) in [5.74, 6) is 1.03. The van der Waals surface area contributed by atoms with Crippen LogP contribution >= 0.6 is 11.8 Å². The Morgan fingerprint density at radius 1 is 0.804 bits per heavy atom. The van der Waals surface area contributed by atoms with Crippen LogP contribution in [0.5, 0.6) is 5.75 Å². The van der Waals surface area contributed by atoms with Crippen molar-refractivity contribution < 1.29 is 18.7 Å². The molecule has 0 N–H and O–H groups in total. The van der Waals surface area contributed by atoms with E-state index in [1.54, 1.807) is 19.2 Å². The van der Waals surface area contributed by atoms with Crippen molar-refractivity contribution in [1.82, 2.24) is 24.9 Å². The first kappa shape index (κ1) is 29.4. The van der Waals surface area contributed by atoms with Crippen molar-refractivity contribution in [1.29, 1.82) is 0 Å².